The van der Waals surface area contributed by atoms with Crippen molar-refractivity contribution in [3.63, 3.8) is 0 Å². The molecule has 6 heteroatoms. The lowest BCUT2D eigenvalue weighted by Crippen LogP contribution is -2.43. The zero-order valence-electron chi connectivity index (χ0n) is 15.8. The Kier molecular flexibility index (Phi) is 12.1. The molecule has 2 rings (SSSR count). The summed E-state index contributed by atoms with van der Waals surface area (Å²) in [5.41, 5.74) is 1.23. The molecule has 0 spiro atoms. The van der Waals surface area contributed by atoms with Crippen molar-refractivity contribution in [1.82, 2.24) is 16.0 Å². The van der Waals surface area contributed by atoms with Crippen molar-refractivity contribution in [2.45, 2.75) is 44.9 Å². The average Bonchev–Trinajstić information content (AvgIpc) is 3.15. The van der Waals surface area contributed by atoms with Gasteiger partial charge in [-0.25, -0.2) is 0 Å². The third kappa shape index (κ3) is 9.40. The summed E-state index contributed by atoms with van der Waals surface area (Å²) in [6.07, 6.45) is 8.91. The Balaban J connectivity index is 0.00000338. The number of guanidine groups is 1. The van der Waals surface area contributed by atoms with Crippen molar-refractivity contribution >= 4 is 35.8 Å². The Morgan fingerprint density at radius 1 is 1.08 bits per heavy atom. The lowest BCUT2D eigenvalue weighted by Gasteiger charge is -2.13. The third-order valence-electron chi connectivity index (χ3n) is 4.78. The number of carbonyl (C=O) groups excluding carboxylic acids is 1. The first-order valence-electron chi connectivity index (χ1n) is 9.53. The molecule has 1 aromatic rings. The second kappa shape index (κ2) is 13.8. The van der Waals surface area contributed by atoms with E-state index in [1.807, 2.05) is 18.2 Å². The maximum absolute atomic E-state index is 11.9. The smallest absolute Gasteiger partial charge is 0.239 e. The van der Waals surface area contributed by atoms with Gasteiger partial charge in [0.25, 0.3) is 0 Å². The summed E-state index contributed by atoms with van der Waals surface area (Å²) in [6.45, 7) is 1.81. The molecule has 1 fully saturated rings. The van der Waals surface area contributed by atoms with Crippen LogP contribution in [0, 0.1) is 5.92 Å². The van der Waals surface area contributed by atoms with Crippen LogP contribution >= 0.6 is 24.0 Å². The zero-order chi connectivity index (χ0) is 17.7. The molecule has 3 N–H and O–H groups in total. The van der Waals surface area contributed by atoms with Crippen molar-refractivity contribution in [1.29, 1.82) is 0 Å². The van der Waals surface area contributed by atoms with E-state index in [9.17, 15) is 4.79 Å². The van der Waals surface area contributed by atoms with Gasteiger partial charge in [0.15, 0.2) is 5.96 Å². The summed E-state index contributed by atoms with van der Waals surface area (Å²) >= 11 is 0. The van der Waals surface area contributed by atoms with E-state index in [1.165, 1.54) is 37.7 Å². The molecule has 1 saturated carbocycles. The van der Waals surface area contributed by atoms with Crippen molar-refractivity contribution in [3.05, 3.63) is 35.9 Å². The number of hydrogen-bond donors (Lipinski definition) is 3. The van der Waals surface area contributed by atoms with Crippen molar-refractivity contribution in [3.8, 4) is 0 Å². The van der Waals surface area contributed by atoms with Crippen LogP contribution in [0.3, 0.4) is 0 Å². The fourth-order valence-electron chi connectivity index (χ4n) is 3.33. The van der Waals surface area contributed by atoms with E-state index in [1.54, 1.807) is 7.05 Å². The van der Waals surface area contributed by atoms with Gasteiger partial charge in [0.2, 0.25) is 5.91 Å². The van der Waals surface area contributed by atoms with Gasteiger partial charge in [-0.05, 0) is 30.7 Å². The van der Waals surface area contributed by atoms with Gasteiger partial charge in [-0.3, -0.25) is 9.79 Å². The van der Waals surface area contributed by atoms with Crippen LogP contribution in [-0.2, 0) is 11.2 Å². The van der Waals surface area contributed by atoms with Crippen LogP contribution in [0.15, 0.2) is 35.3 Å². The molecule has 1 amide bonds. The molecule has 0 aliphatic heterocycles. The maximum Gasteiger partial charge on any atom is 0.239 e. The van der Waals surface area contributed by atoms with Gasteiger partial charge < -0.3 is 16.0 Å². The number of nitrogens with zero attached hydrogens (tertiary/aromatic N) is 1. The first-order valence-corrected chi connectivity index (χ1v) is 9.53. The summed E-state index contributed by atoms with van der Waals surface area (Å²) in [4.78, 5) is 16.1. The number of carbonyl (C=O) groups is 1. The van der Waals surface area contributed by atoms with Gasteiger partial charge in [0.1, 0.15) is 0 Å². The first kappa shape index (κ1) is 22.7. The lowest BCUT2D eigenvalue weighted by molar-refractivity contribution is -0.119. The molecule has 0 unspecified atom stereocenters. The van der Waals surface area contributed by atoms with Crippen LogP contribution < -0.4 is 16.0 Å². The molecule has 146 valence electrons. The van der Waals surface area contributed by atoms with Gasteiger partial charge in [0, 0.05) is 20.1 Å². The molecule has 1 aliphatic rings. The zero-order valence-corrected chi connectivity index (χ0v) is 18.1. The van der Waals surface area contributed by atoms with E-state index in [0.29, 0.717) is 12.5 Å². The van der Waals surface area contributed by atoms with Crippen LogP contribution in [0.5, 0.6) is 0 Å². The minimum Gasteiger partial charge on any atom is -0.356 e. The molecule has 26 heavy (non-hydrogen) atoms. The summed E-state index contributed by atoms with van der Waals surface area (Å²) < 4.78 is 0. The summed E-state index contributed by atoms with van der Waals surface area (Å²) in [5.74, 6) is 1.61. The molecule has 0 aromatic heterocycles. The van der Waals surface area contributed by atoms with Crippen molar-refractivity contribution in [2.24, 2.45) is 10.9 Å². The summed E-state index contributed by atoms with van der Waals surface area (Å²) in [6, 6.07) is 10.2. The number of amides is 1. The standard InChI is InChI=1S/C20H32N4O.HI/c1-21-20(23-14-7-12-17-10-5-6-11-17)24-16-19(25)22-15-13-18-8-3-2-4-9-18;/h2-4,8-9,17H,5-7,10-16H2,1H3,(H,22,25)(H2,21,23,24);1H. The highest BCUT2D eigenvalue weighted by molar-refractivity contribution is 14.0. The number of benzene rings is 1. The molecule has 1 aromatic carbocycles. The van der Waals surface area contributed by atoms with E-state index >= 15 is 0 Å². The Bertz CT molecular complexity index is 530. The number of hydrogen-bond acceptors (Lipinski definition) is 2. The fraction of sp³-hybridized carbons (Fsp3) is 0.600. The SMILES string of the molecule is CN=C(NCCCC1CCCC1)NCC(=O)NCCc1ccccc1.I. The van der Waals surface area contributed by atoms with Crippen LogP contribution in [0.4, 0.5) is 0 Å². The van der Waals surface area contributed by atoms with Gasteiger partial charge in [-0.15, -0.1) is 24.0 Å². The van der Waals surface area contributed by atoms with Crippen LogP contribution in [-0.4, -0.2) is 38.5 Å². The average molecular weight is 472 g/mol. The Morgan fingerprint density at radius 3 is 2.50 bits per heavy atom. The van der Waals surface area contributed by atoms with E-state index in [0.717, 1.165) is 25.3 Å². The van der Waals surface area contributed by atoms with Gasteiger partial charge in [0.05, 0.1) is 6.54 Å². The normalized spacial score (nSPS) is 14.6. The van der Waals surface area contributed by atoms with Crippen LogP contribution in [0.2, 0.25) is 0 Å². The fourth-order valence-corrected chi connectivity index (χ4v) is 3.33. The van der Waals surface area contributed by atoms with E-state index in [-0.39, 0.29) is 36.4 Å². The maximum atomic E-state index is 11.9. The molecule has 5 nitrogen and oxygen atoms in total. The Hall–Kier alpha value is -1.31. The molecule has 1 aliphatic carbocycles. The minimum atomic E-state index is -0.00941. The van der Waals surface area contributed by atoms with Crippen molar-refractivity contribution < 1.29 is 4.79 Å². The van der Waals surface area contributed by atoms with Crippen LogP contribution in [0.1, 0.15) is 44.1 Å². The number of aliphatic imine (C=N–C) groups is 1. The lowest BCUT2D eigenvalue weighted by atomic mass is 10.0. The molecule has 0 saturated heterocycles. The predicted octanol–water partition coefficient (Wildman–Crippen LogP) is 3.10. The van der Waals surface area contributed by atoms with Gasteiger partial charge >= 0.3 is 0 Å². The topological polar surface area (TPSA) is 65.5 Å². The third-order valence-corrected chi connectivity index (χ3v) is 4.78. The highest BCUT2D eigenvalue weighted by Gasteiger charge is 2.14. The van der Waals surface area contributed by atoms with Crippen molar-refractivity contribution in [2.75, 3.05) is 26.7 Å². The molecule has 0 radical (unpaired) electrons. The second-order valence-electron chi connectivity index (χ2n) is 6.73. The molecular weight excluding hydrogens is 439 g/mol. The van der Waals surface area contributed by atoms with E-state index in [2.05, 4.69) is 33.1 Å². The highest BCUT2D eigenvalue weighted by atomic mass is 127. The molecule has 0 bridgehead atoms. The van der Waals surface area contributed by atoms with Crippen LogP contribution in [0.25, 0.3) is 0 Å². The summed E-state index contributed by atoms with van der Waals surface area (Å²) in [5, 5.41) is 9.29. The summed E-state index contributed by atoms with van der Waals surface area (Å²) in [7, 11) is 1.74. The Morgan fingerprint density at radius 2 is 1.81 bits per heavy atom. The molecule has 0 atom stereocenters. The minimum absolute atomic E-state index is 0. The molecular formula is C20H33IN4O. The second-order valence-corrected chi connectivity index (χ2v) is 6.73. The number of rotatable bonds is 9. The first-order chi connectivity index (χ1) is 12.3. The monoisotopic (exact) mass is 472 g/mol. The van der Waals surface area contributed by atoms with Gasteiger partial charge in [-0.1, -0.05) is 56.0 Å². The number of halogens is 1. The predicted molar refractivity (Wildman–Crippen MR) is 119 cm³/mol. The van der Waals surface area contributed by atoms with Gasteiger partial charge in [-0.2, -0.15) is 0 Å². The van der Waals surface area contributed by atoms with E-state index in [4.69, 9.17) is 0 Å². The van der Waals surface area contributed by atoms with E-state index < -0.39 is 0 Å². The largest absolute Gasteiger partial charge is 0.356 e. The highest BCUT2D eigenvalue weighted by Crippen LogP contribution is 2.28. The quantitative estimate of drug-likeness (QED) is 0.224. The Labute approximate surface area is 174 Å². The number of nitrogens with one attached hydrogen (secondary N) is 3. The molecule has 0 heterocycles.